The fraction of sp³-hybridized carbons (Fsp3) is 0.650. The van der Waals surface area contributed by atoms with Gasteiger partial charge in [0, 0.05) is 30.7 Å². The first-order valence-electron chi connectivity index (χ1n) is 10.3. The van der Waals surface area contributed by atoms with Crippen LogP contribution in [0.3, 0.4) is 0 Å². The quantitative estimate of drug-likeness (QED) is 0.782. The Hall–Kier alpha value is -1.15. The van der Waals surface area contributed by atoms with Crippen molar-refractivity contribution < 1.29 is 8.42 Å². The van der Waals surface area contributed by atoms with E-state index in [2.05, 4.69) is 10.6 Å². The summed E-state index contributed by atoms with van der Waals surface area (Å²) in [6.07, 6.45) is 7.75. The van der Waals surface area contributed by atoms with Crippen molar-refractivity contribution in [2.45, 2.75) is 61.4 Å². The van der Waals surface area contributed by atoms with E-state index in [4.69, 9.17) is 16.6 Å². The number of nitrogens with zero attached hydrogens (tertiary/aromatic N) is 2. The van der Waals surface area contributed by atoms with E-state index >= 15 is 0 Å². The summed E-state index contributed by atoms with van der Waals surface area (Å²) in [5, 5.41) is 7.92. The number of rotatable bonds is 3. The molecule has 1 spiro atoms. The van der Waals surface area contributed by atoms with Gasteiger partial charge in [-0.05, 0) is 49.9 Å². The number of amidine groups is 1. The van der Waals surface area contributed by atoms with Gasteiger partial charge >= 0.3 is 0 Å². The van der Waals surface area contributed by atoms with Crippen molar-refractivity contribution in [1.29, 1.82) is 0 Å². The molecule has 6 nitrogen and oxygen atoms in total. The molecule has 154 valence electrons. The first-order valence-corrected chi connectivity index (χ1v) is 12.1. The van der Waals surface area contributed by atoms with Crippen LogP contribution >= 0.6 is 11.6 Å². The van der Waals surface area contributed by atoms with Gasteiger partial charge in [-0.1, -0.05) is 30.9 Å². The molecule has 4 rings (SSSR count). The molecule has 3 aliphatic rings. The highest BCUT2D eigenvalue weighted by Crippen LogP contribution is 2.30. The maximum atomic E-state index is 13.0. The van der Waals surface area contributed by atoms with Crippen molar-refractivity contribution in [3.63, 3.8) is 0 Å². The van der Waals surface area contributed by atoms with Crippen LogP contribution in [0.1, 0.15) is 44.9 Å². The van der Waals surface area contributed by atoms with Crippen molar-refractivity contribution in [2.75, 3.05) is 26.2 Å². The van der Waals surface area contributed by atoms with Crippen LogP contribution < -0.4 is 10.6 Å². The maximum Gasteiger partial charge on any atom is 0.243 e. The Morgan fingerprint density at radius 3 is 2.46 bits per heavy atom. The number of sulfonamides is 1. The van der Waals surface area contributed by atoms with Crippen molar-refractivity contribution in [3.05, 3.63) is 29.3 Å². The highest BCUT2D eigenvalue weighted by Gasteiger charge is 2.43. The summed E-state index contributed by atoms with van der Waals surface area (Å²) in [5.41, 5.74) is -0.221. The lowest BCUT2D eigenvalue weighted by molar-refractivity contribution is 0.238. The first kappa shape index (κ1) is 20.1. The molecule has 1 aromatic rings. The van der Waals surface area contributed by atoms with Crippen LogP contribution in [-0.4, -0.2) is 56.3 Å². The van der Waals surface area contributed by atoms with Crippen molar-refractivity contribution in [2.24, 2.45) is 4.99 Å². The summed E-state index contributed by atoms with van der Waals surface area (Å²) in [7, 11) is -3.49. The number of benzene rings is 1. The van der Waals surface area contributed by atoms with Gasteiger partial charge < -0.3 is 10.6 Å². The molecule has 2 aliphatic heterocycles. The molecule has 2 fully saturated rings. The SMILES string of the molecule is O=S(=O)(c1ccc(Cl)cc1)N1CCC2(CC1)NCCN=C2NC1CCCCC1. The molecule has 0 aromatic heterocycles. The normalized spacial score (nSPS) is 24.1. The number of aliphatic imine (C=N–C) groups is 1. The Balaban J connectivity index is 1.46. The lowest BCUT2D eigenvalue weighted by atomic mass is 9.84. The smallest absolute Gasteiger partial charge is 0.243 e. The van der Waals surface area contributed by atoms with Crippen LogP contribution in [0.15, 0.2) is 34.2 Å². The Labute approximate surface area is 172 Å². The third-order valence-corrected chi connectivity index (χ3v) is 8.44. The second kappa shape index (κ2) is 8.30. The van der Waals surface area contributed by atoms with E-state index in [-0.39, 0.29) is 5.54 Å². The molecule has 0 unspecified atom stereocenters. The van der Waals surface area contributed by atoms with Crippen LogP contribution in [0, 0.1) is 0 Å². The van der Waals surface area contributed by atoms with Gasteiger partial charge in [0.25, 0.3) is 0 Å². The number of halogens is 1. The van der Waals surface area contributed by atoms with E-state index in [1.165, 1.54) is 32.1 Å². The van der Waals surface area contributed by atoms with Crippen LogP contribution in [-0.2, 0) is 10.0 Å². The van der Waals surface area contributed by atoms with Gasteiger partial charge in [0.1, 0.15) is 5.84 Å². The Bertz CT molecular complexity index is 811. The zero-order valence-corrected chi connectivity index (χ0v) is 17.7. The molecule has 1 aromatic carbocycles. The maximum absolute atomic E-state index is 13.0. The highest BCUT2D eigenvalue weighted by atomic mass is 35.5. The molecular formula is C20H29ClN4O2S. The molecule has 1 saturated carbocycles. The second-order valence-electron chi connectivity index (χ2n) is 8.08. The molecule has 0 radical (unpaired) electrons. The standard InChI is InChI=1S/C20H29ClN4O2S/c21-16-6-8-18(9-7-16)28(26,27)25-14-10-20(11-15-25)19(22-12-13-23-20)24-17-4-2-1-3-5-17/h6-9,17,23H,1-5,10-15H2,(H,22,24). The molecule has 28 heavy (non-hydrogen) atoms. The summed E-state index contributed by atoms with van der Waals surface area (Å²) >= 11 is 5.90. The van der Waals surface area contributed by atoms with E-state index in [1.54, 1.807) is 28.6 Å². The zero-order valence-electron chi connectivity index (χ0n) is 16.2. The summed E-state index contributed by atoms with van der Waals surface area (Å²) in [5.74, 6) is 1.05. The van der Waals surface area contributed by atoms with Crippen molar-refractivity contribution >= 4 is 27.5 Å². The van der Waals surface area contributed by atoms with Crippen molar-refractivity contribution in [3.8, 4) is 0 Å². The Kier molecular flexibility index (Phi) is 5.97. The fourth-order valence-electron chi connectivity index (χ4n) is 4.60. The Morgan fingerprint density at radius 1 is 1.11 bits per heavy atom. The van der Waals surface area contributed by atoms with Gasteiger partial charge in [-0.25, -0.2) is 8.42 Å². The third kappa shape index (κ3) is 4.08. The molecular weight excluding hydrogens is 396 g/mol. The monoisotopic (exact) mass is 424 g/mol. The van der Waals surface area contributed by atoms with E-state index in [0.717, 1.165) is 31.8 Å². The molecule has 1 aliphatic carbocycles. The lowest BCUT2D eigenvalue weighted by Gasteiger charge is -2.45. The number of hydrogen-bond donors (Lipinski definition) is 2. The lowest BCUT2D eigenvalue weighted by Crippen LogP contribution is -2.65. The summed E-state index contributed by atoms with van der Waals surface area (Å²) in [4.78, 5) is 5.12. The number of nitrogens with one attached hydrogen (secondary N) is 2. The minimum atomic E-state index is -3.49. The third-order valence-electron chi connectivity index (χ3n) is 6.27. The van der Waals surface area contributed by atoms with E-state index in [0.29, 0.717) is 29.0 Å². The number of hydrogen-bond acceptors (Lipinski definition) is 5. The molecule has 0 amide bonds. The van der Waals surface area contributed by atoms with Crippen LogP contribution in [0.4, 0.5) is 0 Å². The highest BCUT2D eigenvalue weighted by molar-refractivity contribution is 7.89. The van der Waals surface area contributed by atoms with Gasteiger partial charge in [-0.15, -0.1) is 0 Å². The van der Waals surface area contributed by atoms with Crippen molar-refractivity contribution in [1.82, 2.24) is 14.9 Å². The molecule has 1 saturated heterocycles. The molecule has 2 N–H and O–H groups in total. The predicted octanol–water partition coefficient (Wildman–Crippen LogP) is 2.79. The largest absolute Gasteiger partial charge is 0.370 e. The van der Waals surface area contributed by atoms with Gasteiger partial charge in [0.2, 0.25) is 10.0 Å². The second-order valence-corrected chi connectivity index (χ2v) is 10.5. The first-order chi connectivity index (χ1) is 13.5. The van der Waals surface area contributed by atoms with Gasteiger partial charge in [0.05, 0.1) is 17.0 Å². The Morgan fingerprint density at radius 2 is 1.79 bits per heavy atom. The van der Waals surface area contributed by atoms with Crippen LogP contribution in [0.2, 0.25) is 5.02 Å². The minimum absolute atomic E-state index is 0.221. The minimum Gasteiger partial charge on any atom is -0.370 e. The topological polar surface area (TPSA) is 73.8 Å². The van der Waals surface area contributed by atoms with E-state index < -0.39 is 10.0 Å². The summed E-state index contributed by atoms with van der Waals surface area (Å²) in [6.45, 7) is 2.61. The zero-order chi connectivity index (χ0) is 19.6. The predicted molar refractivity (Wildman–Crippen MR) is 112 cm³/mol. The number of piperidine rings is 1. The van der Waals surface area contributed by atoms with Crippen LogP contribution in [0.25, 0.3) is 0 Å². The van der Waals surface area contributed by atoms with Gasteiger partial charge in [0.15, 0.2) is 0 Å². The van der Waals surface area contributed by atoms with Crippen LogP contribution in [0.5, 0.6) is 0 Å². The molecule has 0 bridgehead atoms. The van der Waals surface area contributed by atoms with E-state index in [9.17, 15) is 8.42 Å². The average molecular weight is 425 g/mol. The molecule has 2 heterocycles. The molecule has 8 heteroatoms. The summed E-state index contributed by atoms with van der Waals surface area (Å²) in [6, 6.07) is 6.92. The van der Waals surface area contributed by atoms with Gasteiger partial charge in [-0.2, -0.15) is 4.31 Å². The average Bonchev–Trinajstić information content (AvgIpc) is 2.71. The molecule has 0 atom stereocenters. The fourth-order valence-corrected chi connectivity index (χ4v) is 6.17. The summed E-state index contributed by atoms with van der Waals surface area (Å²) < 4.78 is 27.6. The van der Waals surface area contributed by atoms with E-state index in [1.807, 2.05) is 0 Å². The van der Waals surface area contributed by atoms with Gasteiger partial charge in [-0.3, -0.25) is 4.99 Å².